The van der Waals surface area contributed by atoms with E-state index in [2.05, 4.69) is 38.1 Å². The summed E-state index contributed by atoms with van der Waals surface area (Å²) in [7, 11) is 0. The van der Waals surface area contributed by atoms with Gasteiger partial charge in [0, 0.05) is 5.41 Å². The van der Waals surface area contributed by atoms with Gasteiger partial charge in [-0.2, -0.15) is 0 Å². The molecule has 2 nitrogen and oxygen atoms in total. The van der Waals surface area contributed by atoms with Crippen LogP contribution in [-0.2, 0) is 18.3 Å². The Kier molecular flexibility index (Phi) is 4.90. The summed E-state index contributed by atoms with van der Waals surface area (Å²) in [6, 6.07) is 4.16. The summed E-state index contributed by atoms with van der Waals surface area (Å²) < 4.78 is 10.9. The molecule has 122 valence electrons. The standard InChI is InChI=1S/C21H26O2/c1-17(6-3-8-18-10-14-22-16-18)7-4-12-21(2)13-5-9-19-11-15-23-20(19)21/h4,6,10-12,14-16H,3,5,7-9,13H2,1-2H3/b12-4+,17-6+. The van der Waals surface area contributed by atoms with Crippen LogP contribution >= 0.6 is 0 Å². The van der Waals surface area contributed by atoms with Crippen LogP contribution in [0.1, 0.15) is 56.4 Å². The van der Waals surface area contributed by atoms with Crippen molar-refractivity contribution in [3.63, 3.8) is 0 Å². The van der Waals surface area contributed by atoms with Crippen LogP contribution in [0.3, 0.4) is 0 Å². The highest BCUT2D eigenvalue weighted by atomic mass is 16.3. The Morgan fingerprint density at radius 2 is 2.22 bits per heavy atom. The van der Waals surface area contributed by atoms with Gasteiger partial charge in [-0.05, 0) is 75.6 Å². The predicted octanol–water partition coefficient (Wildman–Crippen LogP) is 5.99. The van der Waals surface area contributed by atoms with Crippen molar-refractivity contribution in [2.45, 2.75) is 57.8 Å². The summed E-state index contributed by atoms with van der Waals surface area (Å²) in [6.07, 6.45) is 19.1. The molecule has 0 radical (unpaired) electrons. The summed E-state index contributed by atoms with van der Waals surface area (Å²) in [5.74, 6) is 1.17. The number of allylic oxidation sites excluding steroid dienone is 4. The number of hydrogen-bond donors (Lipinski definition) is 0. The minimum Gasteiger partial charge on any atom is -0.472 e. The maximum Gasteiger partial charge on any atom is 0.116 e. The van der Waals surface area contributed by atoms with Gasteiger partial charge in [-0.15, -0.1) is 0 Å². The first-order valence-electron chi connectivity index (χ1n) is 8.59. The molecule has 0 fully saturated rings. The first-order chi connectivity index (χ1) is 11.2. The lowest BCUT2D eigenvalue weighted by molar-refractivity contribution is 0.366. The molecular weight excluding hydrogens is 284 g/mol. The van der Waals surface area contributed by atoms with Gasteiger partial charge in [0.05, 0.1) is 18.8 Å². The molecule has 0 aliphatic heterocycles. The van der Waals surface area contributed by atoms with E-state index in [1.807, 2.05) is 18.6 Å². The van der Waals surface area contributed by atoms with Gasteiger partial charge in [0.15, 0.2) is 0 Å². The molecule has 2 heterocycles. The fourth-order valence-electron chi connectivity index (χ4n) is 3.46. The molecule has 23 heavy (non-hydrogen) atoms. The van der Waals surface area contributed by atoms with Crippen LogP contribution in [0, 0.1) is 0 Å². The lowest BCUT2D eigenvalue weighted by Crippen LogP contribution is -2.23. The van der Waals surface area contributed by atoms with Crippen molar-refractivity contribution < 1.29 is 8.83 Å². The van der Waals surface area contributed by atoms with E-state index < -0.39 is 0 Å². The second-order valence-electron chi connectivity index (χ2n) is 6.87. The fraction of sp³-hybridized carbons (Fsp3) is 0.429. The zero-order chi connectivity index (χ0) is 16.1. The van der Waals surface area contributed by atoms with Crippen LogP contribution in [-0.4, -0.2) is 0 Å². The molecule has 1 aliphatic carbocycles. The average molecular weight is 310 g/mol. The van der Waals surface area contributed by atoms with E-state index in [-0.39, 0.29) is 5.41 Å². The third-order valence-corrected chi connectivity index (χ3v) is 4.84. The Morgan fingerprint density at radius 1 is 1.30 bits per heavy atom. The van der Waals surface area contributed by atoms with Crippen LogP contribution in [0.15, 0.2) is 63.6 Å². The number of fused-ring (bicyclic) bond motifs is 1. The Morgan fingerprint density at radius 3 is 3.04 bits per heavy atom. The van der Waals surface area contributed by atoms with E-state index >= 15 is 0 Å². The Balaban J connectivity index is 1.54. The van der Waals surface area contributed by atoms with E-state index in [0.717, 1.165) is 25.7 Å². The minimum absolute atomic E-state index is 0.0636. The van der Waals surface area contributed by atoms with Crippen LogP contribution in [0.25, 0.3) is 0 Å². The van der Waals surface area contributed by atoms with Crippen molar-refractivity contribution in [2.75, 3.05) is 0 Å². The van der Waals surface area contributed by atoms with Gasteiger partial charge in [-0.25, -0.2) is 0 Å². The molecule has 0 saturated carbocycles. The number of furan rings is 2. The normalized spacial score (nSPS) is 21.7. The van der Waals surface area contributed by atoms with Crippen molar-refractivity contribution in [3.05, 3.63) is 71.6 Å². The highest BCUT2D eigenvalue weighted by Gasteiger charge is 2.32. The van der Waals surface area contributed by atoms with Crippen LogP contribution < -0.4 is 0 Å². The Bertz CT molecular complexity index is 673. The smallest absolute Gasteiger partial charge is 0.116 e. The molecule has 0 bridgehead atoms. The summed E-state index contributed by atoms with van der Waals surface area (Å²) in [5.41, 5.74) is 4.14. The quantitative estimate of drug-likeness (QED) is 0.612. The third kappa shape index (κ3) is 3.87. The van der Waals surface area contributed by atoms with Crippen LogP contribution in [0.5, 0.6) is 0 Å². The van der Waals surface area contributed by atoms with Gasteiger partial charge in [0.2, 0.25) is 0 Å². The molecular formula is C21H26O2. The van der Waals surface area contributed by atoms with Crippen molar-refractivity contribution in [1.82, 2.24) is 0 Å². The van der Waals surface area contributed by atoms with E-state index in [4.69, 9.17) is 8.83 Å². The van der Waals surface area contributed by atoms with Crippen molar-refractivity contribution in [3.8, 4) is 0 Å². The van der Waals surface area contributed by atoms with Gasteiger partial charge in [-0.3, -0.25) is 0 Å². The molecule has 2 heteroatoms. The summed E-state index contributed by atoms with van der Waals surface area (Å²) in [6.45, 7) is 4.50. The summed E-state index contributed by atoms with van der Waals surface area (Å²) in [5, 5.41) is 0. The van der Waals surface area contributed by atoms with E-state index in [1.54, 1.807) is 6.26 Å². The van der Waals surface area contributed by atoms with Crippen LogP contribution in [0.2, 0.25) is 0 Å². The maximum absolute atomic E-state index is 5.76. The van der Waals surface area contributed by atoms with Crippen molar-refractivity contribution in [2.24, 2.45) is 0 Å². The number of rotatable bonds is 6. The second-order valence-corrected chi connectivity index (χ2v) is 6.87. The molecule has 1 unspecified atom stereocenters. The van der Waals surface area contributed by atoms with E-state index in [9.17, 15) is 0 Å². The van der Waals surface area contributed by atoms with Crippen LogP contribution in [0.4, 0.5) is 0 Å². The molecule has 0 spiro atoms. The molecule has 0 aromatic carbocycles. The Hall–Kier alpha value is -1.96. The molecule has 0 N–H and O–H groups in total. The predicted molar refractivity (Wildman–Crippen MR) is 93.5 cm³/mol. The van der Waals surface area contributed by atoms with E-state index in [0.29, 0.717) is 0 Å². The first kappa shape index (κ1) is 15.9. The number of aryl methyl sites for hydroxylation is 2. The van der Waals surface area contributed by atoms with Crippen molar-refractivity contribution >= 4 is 0 Å². The largest absolute Gasteiger partial charge is 0.472 e. The molecule has 2 aromatic rings. The molecule has 3 rings (SSSR count). The highest BCUT2D eigenvalue weighted by Crippen LogP contribution is 2.39. The molecule has 1 atom stereocenters. The van der Waals surface area contributed by atoms with Gasteiger partial charge >= 0.3 is 0 Å². The van der Waals surface area contributed by atoms with Gasteiger partial charge in [0.25, 0.3) is 0 Å². The van der Waals surface area contributed by atoms with Crippen molar-refractivity contribution in [1.29, 1.82) is 0 Å². The third-order valence-electron chi connectivity index (χ3n) is 4.84. The van der Waals surface area contributed by atoms with Gasteiger partial charge in [-0.1, -0.05) is 23.8 Å². The second kappa shape index (κ2) is 7.08. The monoisotopic (exact) mass is 310 g/mol. The SMILES string of the molecule is C/C(=C\CCc1ccoc1)C/C=C/C1(C)CCCc2ccoc21. The molecule has 1 aliphatic rings. The molecule has 2 aromatic heterocycles. The summed E-state index contributed by atoms with van der Waals surface area (Å²) in [4.78, 5) is 0. The van der Waals surface area contributed by atoms with Gasteiger partial charge < -0.3 is 8.83 Å². The molecule has 0 saturated heterocycles. The first-order valence-corrected chi connectivity index (χ1v) is 8.59. The van der Waals surface area contributed by atoms with Gasteiger partial charge in [0.1, 0.15) is 5.76 Å². The Labute approximate surface area is 138 Å². The molecule has 0 amide bonds. The zero-order valence-electron chi connectivity index (χ0n) is 14.2. The summed E-state index contributed by atoms with van der Waals surface area (Å²) >= 11 is 0. The number of hydrogen-bond acceptors (Lipinski definition) is 2. The maximum atomic E-state index is 5.76. The topological polar surface area (TPSA) is 26.3 Å². The zero-order valence-corrected chi connectivity index (χ0v) is 14.2. The van der Waals surface area contributed by atoms with E-state index in [1.165, 1.54) is 35.3 Å². The lowest BCUT2D eigenvalue weighted by atomic mass is 9.75. The lowest BCUT2D eigenvalue weighted by Gasteiger charge is -2.29. The fourth-order valence-corrected chi connectivity index (χ4v) is 3.46. The highest BCUT2D eigenvalue weighted by molar-refractivity contribution is 5.32. The average Bonchev–Trinajstić information content (AvgIpc) is 3.19. The minimum atomic E-state index is 0.0636.